The molecule has 0 unspecified atom stereocenters. The van der Waals surface area contributed by atoms with Gasteiger partial charge in [-0.3, -0.25) is 4.79 Å². The van der Waals surface area contributed by atoms with E-state index in [1.807, 2.05) is 0 Å². The van der Waals surface area contributed by atoms with E-state index >= 15 is 0 Å². The summed E-state index contributed by atoms with van der Waals surface area (Å²) in [5.74, 6) is 2.87. The van der Waals surface area contributed by atoms with E-state index in [2.05, 4.69) is 36.2 Å². The van der Waals surface area contributed by atoms with Crippen LogP contribution in [0.5, 0.6) is 0 Å². The zero-order chi connectivity index (χ0) is 11.6. The Balaban J connectivity index is 3.31. The largest absolute Gasteiger partial charge is 0.283 e. The molecule has 3 nitrogen and oxygen atoms in total. The third-order valence-electron chi connectivity index (χ3n) is 1.65. The van der Waals surface area contributed by atoms with Crippen molar-refractivity contribution in [3.63, 3.8) is 0 Å². The van der Waals surface area contributed by atoms with Crippen LogP contribution in [-0.2, 0) is 7.05 Å². The Kier molecular flexibility index (Phi) is 3.37. The van der Waals surface area contributed by atoms with Crippen LogP contribution in [0.1, 0.15) is 5.56 Å². The van der Waals surface area contributed by atoms with Gasteiger partial charge in [0, 0.05) is 7.05 Å². The molecule has 1 aromatic heterocycles. The fourth-order valence-corrected chi connectivity index (χ4v) is 1.55. The summed E-state index contributed by atoms with van der Waals surface area (Å²) in [6, 6.07) is 0. The summed E-state index contributed by atoms with van der Waals surface area (Å²) in [6.07, 6.45) is 1.44. The zero-order valence-corrected chi connectivity index (χ0v) is 11.0. The van der Waals surface area contributed by atoms with Gasteiger partial charge in [-0.2, -0.15) is 5.10 Å². The van der Waals surface area contributed by atoms with E-state index < -0.39 is 8.07 Å². The van der Waals surface area contributed by atoms with E-state index in [4.69, 9.17) is 11.6 Å². The van der Waals surface area contributed by atoms with Crippen molar-refractivity contribution >= 4 is 19.7 Å². The van der Waals surface area contributed by atoms with Crippen molar-refractivity contribution in [3.8, 4) is 11.5 Å². The van der Waals surface area contributed by atoms with Crippen molar-refractivity contribution in [3.05, 3.63) is 27.1 Å². The van der Waals surface area contributed by atoms with Gasteiger partial charge < -0.3 is 0 Å². The zero-order valence-electron chi connectivity index (χ0n) is 9.26. The van der Waals surface area contributed by atoms with E-state index in [-0.39, 0.29) is 5.56 Å². The van der Waals surface area contributed by atoms with Crippen LogP contribution in [0, 0.1) is 11.5 Å². The van der Waals surface area contributed by atoms with Gasteiger partial charge in [-0.05, 0) is 0 Å². The summed E-state index contributed by atoms with van der Waals surface area (Å²) in [4.78, 5) is 11.6. The van der Waals surface area contributed by atoms with Crippen molar-refractivity contribution in [2.75, 3.05) is 0 Å². The predicted octanol–water partition coefficient (Wildman–Crippen LogP) is 1.66. The highest BCUT2D eigenvalue weighted by Gasteiger charge is 2.10. The van der Waals surface area contributed by atoms with Gasteiger partial charge in [-0.25, -0.2) is 4.68 Å². The van der Waals surface area contributed by atoms with Crippen molar-refractivity contribution in [2.45, 2.75) is 19.6 Å². The average Bonchev–Trinajstić information content (AvgIpc) is 2.10. The highest BCUT2D eigenvalue weighted by Crippen LogP contribution is 2.08. The monoisotopic (exact) mass is 240 g/mol. The summed E-state index contributed by atoms with van der Waals surface area (Å²) in [6.45, 7) is 6.33. The molecule has 0 aromatic carbocycles. The lowest BCUT2D eigenvalue weighted by Crippen LogP contribution is -2.23. The number of hydrogen-bond donors (Lipinski definition) is 0. The molecule has 0 bridgehead atoms. The predicted molar refractivity (Wildman–Crippen MR) is 64.7 cm³/mol. The van der Waals surface area contributed by atoms with Gasteiger partial charge in [-0.1, -0.05) is 37.2 Å². The molecule has 0 radical (unpaired) electrons. The topological polar surface area (TPSA) is 34.9 Å². The minimum absolute atomic E-state index is 0.242. The molecular weight excluding hydrogens is 228 g/mol. The lowest BCUT2D eigenvalue weighted by atomic mass is 10.3. The van der Waals surface area contributed by atoms with Crippen LogP contribution in [0.3, 0.4) is 0 Å². The Morgan fingerprint density at radius 2 is 2.07 bits per heavy atom. The van der Waals surface area contributed by atoms with Gasteiger partial charge >= 0.3 is 0 Å². The van der Waals surface area contributed by atoms with Crippen LogP contribution in [0.2, 0.25) is 24.7 Å². The normalized spacial score (nSPS) is 10.7. The average molecular weight is 241 g/mol. The summed E-state index contributed by atoms with van der Waals surface area (Å²) in [7, 11) is 0.0901. The van der Waals surface area contributed by atoms with Crippen molar-refractivity contribution in [1.29, 1.82) is 0 Å². The fourth-order valence-electron chi connectivity index (χ4n) is 0.881. The molecule has 5 heteroatoms. The van der Waals surface area contributed by atoms with Gasteiger partial charge in [0.15, 0.2) is 0 Å². The number of rotatable bonds is 0. The Bertz CT molecular complexity index is 491. The maximum absolute atomic E-state index is 11.6. The summed E-state index contributed by atoms with van der Waals surface area (Å²) in [5.41, 5.74) is 3.21. The Morgan fingerprint density at radius 3 is 2.60 bits per heavy atom. The fraction of sp³-hybridized carbons (Fsp3) is 0.400. The third-order valence-corrected chi connectivity index (χ3v) is 2.81. The van der Waals surface area contributed by atoms with Gasteiger partial charge in [-0.15, -0.1) is 5.54 Å². The van der Waals surface area contributed by atoms with E-state index in [1.54, 1.807) is 7.05 Å². The summed E-state index contributed by atoms with van der Waals surface area (Å²) >= 11 is 5.87. The molecule has 0 spiro atoms. The molecule has 0 aliphatic heterocycles. The lowest BCUT2D eigenvalue weighted by molar-refractivity contribution is 0.705. The number of aryl methyl sites for hydroxylation is 1. The van der Waals surface area contributed by atoms with Gasteiger partial charge in [0.05, 0.1) is 11.2 Å². The van der Waals surface area contributed by atoms with Crippen LogP contribution in [-0.4, -0.2) is 17.9 Å². The van der Waals surface area contributed by atoms with E-state index in [1.165, 1.54) is 10.9 Å². The quantitative estimate of drug-likeness (QED) is 0.511. The standard InChI is InChI=1S/C10H13ClN2OSi/c1-13-10(14)8(9(11)7-12-13)5-6-15(2,3)4/h7H,1-4H3. The molecule has 0 fully saturated rings. The molecule has 0 aliphatic rings. The van der Waals surface area contributed by atoms with Crippen molar-refractivity contribution in [2.24, 2.45) is 7.05 Å². The van der Waals surface area contributed by atoms with Gasteiger partial charge in [0.2, 0.25) is 0 Å². The van der Waals surface area contributed by atoms with Crippen LogP contribution >= 0.6 is 11.6 Å². The van der Waals surface area contributed by atoms with E-state index in [0.717, 1.165) is 0 Å². The van der Waals surface area contributed by atoms with Crippen molar-refractivity contribution < 1.29 is 0 Å². The van der Waals surface area contributed by atoms with Crippen LogP contribution in [0.15, 0.2) is 11.0 Å². The third kappa shape index (κ3) is 3.22. The van der Waals surface area contributed by atoms with Crippen LogP contribution in [0.25, 0.3) is 0 Å². The minimum Gasteiger partial charge on any atom is -0.266 e. The molecule has 0 atom stereocenters. The molecule has 1 aromatic rings. The van der Waals surface area contributed by atoms with Crippen LogP contribution in [0.4, 0.5) is 0 Å². The summed E-state index contributed by atoms with van der Waals surface area (Å²) in [5, 5.41) is 4.12. The molecule has 0 saturated carbocycles. The lowest BCUT2D eigenvalue weighted by Gasteiger charge is -2.04. The number of aromatic nitrogens is 2. The second-order valence-electron chi connectivity index (χ2n) is 4.30. The molecule has 0 saturated heterocycles. The van der Waals surface area contributed by atoms with Gasteiger partial charge in [0.1, 0.15) is 13.6 Å². The Hall–Kier alpha value is -1.05. The smallest absolute Gasteiger partial charge is 0.266 e. The molecule has 1 heterocycles. The summed E-state index contributed by atoms with van der Waals surface area (Å²) < 4.78 is 1.24. The highest BCUT2D eigenvalue weighted by atomic mass is 35.5. The molecule has 1 rings (SSSR count). The number of halogens is 1. The highest BCUT2D eigenvalue weighted by molar-refractivity contribution is 6.83. The Morgan fingerprint density at radius 1 is 1.47 bits per heavy atom. The van der Waals surface area contributed by atoms with Gasteiger partial charge in [0.25, 0.3) is 5.56 Å². The van der Waals surface area contributed by atoms with E-state index in [0.29, 0.717) is 10.6 Å². The SMILES string of the molecule is Cn1ncc(Cl)c(C#C[Si](C)(C)C)c1=O. The molecule has 0 amide bonds. The number of hydrogen-bond acceptors (Lipinski definition) is 2. The van der Waals surface area contributed by atoms with Crippen molar-refractivity contribution in [1.82, 2.24) is 9.78 Å². The second kappa shape index (κ2) is 4.21. The first-order valence-corrected chi connectivity index (χ1v) is 8.44. The molecule has 15 heavy (non-hydrogen) atoms. The molecule has 0 aliphatic carbocycles. The number of nitrogens with zero attached hydrogens (tertiary/aromatic N) is 2. The molecular formula is C10H13ClN2OSi. The first-order chi connectivity index (χ1) is 6.81. The first kappa shape index (κ1) is 12.0. The maximum atomic E-state index is 11.6. The maximum Gasteiger partial charge on any atom is 0.283 e. The Labute approximate surface area is 95.1 Å². The molecule has 80 valence electrons. The minimum atomic E-state index is -1.49. The first-order valence-electron chi connectivity index (χ1n) is 4.56. The second-order valence-corrected chi connectivity index (χ2v) is 9.45. The van der Waals surface area contributed by atoms with Crippen LogP contribution < -0.4 is 5.56 Å². The van der Waals surface area contributed by atoms with E-state index in [9.17, 15) is 4.79 Å². The molecule has 0 N–H and O–H groups in total.